The number of sulfonamides is 1. The van der Waals surface area contributed by atoms with Crippen LogP contribution in [0.5, 0.6) is 5.88 Å². The van der Waals surface area contributed by atoms with E-state index in [-0.39, 0.29) is 22.9 Å². The van der Waals surface area contributed by atoms with Crippen LogP contribution in [0.25, 0.3) is 0 Å². The number of nitrogens with one attached hydrogen (secondary N) is 2. The van der Waals surface area contributed by atoms with Crippen LogP contribution >= 0.6 is 0 Å². The third-order valence-corrected chi connectivity index (χ3v) is 6.89. The molecule has 1 aromatic carbocycles. The van der Waals surface area contributed by atoms with Crippen LogP contribution in [0.1, 0.15) is 35.7 Å². The maximum Gasteiger partial charge on any atom is 0.275 e. The van der Waals surface area contributed by atoms with Crippen LogP contribution in [0.15, 0.2) is 47.5 Å². The van der Waals surface area contributed by atoms with Gasteiger partial charge in [0.15, 0.2) is 0 Å². The van der Waals surface area contributed by atoms with Gasteiger partial charge in [-0.2, -0.15) is 4.31 Å². The van der Waals surface area contributed by atoms with Crippen molar-refractivity contribution < 1.29 is 22.7 Å². The lowest BCUT2D eigenvalue weighted by molar-refractivity contribution is -0.126. The van der Waals surface area contributed by atoms with Crippen LogP contribution in [-0.4, -0.2) is 49.2 Å². The van der Waals surface area contributed by atoms with E-state index >= 15 is 0 Å². The van der Waals surface area contributed by atoms with E-state index in [2.05, 4.69) is 15.8 Å². The molecule has 0 bridgehead atoms. The minimum atomic E-state index is -3.69. The van der Waals surface area contributed by atoms with Crippen molar-refractivity contribution in [3.05, 3.63) is 53.7 Å². The summed E-state index contributed by atoms with van der Waals surface area (Å²) in [5.41, 5.74) is 5.91. The Kier molecular flexibility index (Phi) is 7.24. The van der Waals surface area contributed by atoms with Gasteiger partial charge in [0.05, 0.1) is 17.4 Å². The van der Waals surface area contributed by atoms with Crippen LogP contribution in [0.3, 0.4) is 0 Å². The summed E-state index contributed by atoms with van der Waals surface area (Å²) in [4.78, 5) is 29.2. The Hall–Kier alpha value is -2.98. The number of carbonyl (C=O) groups excluding carboxylic acids is 2. The van der Waals surface area contributed by atoms with E-state index in [0.29, 0.717) is 26.0 Å². The Balaban J connectivity index is 1.62. The van der Waals surface area contributed by atoms with Crippen LogP contribution in [0.2, 0.25) is 0 Å². The number of hydrogen-bond acceptors (Lipinski definition) is 6. The number of piperidine rings is 1. The van der Waals surface area contributed by atoms with Crippen molar-refractivity contribution in [1.82, 2.24) is 20.1 Å². The predicted octanol–water partition coefficient (Wildman–Crippen LogP) is 1.65. The van der Waals surface area contributed by atoms with Crippen molar-refractivity contribution in [2.45, 2.75) is 31.6 Å². The Morgan fingerprint density at radius 1 is 1.19 bits per heavy atom. The Labute approximate surface area is 181 Å². The van der Waals surface area contributed by atoms with E-state index in [1.807, 2.05) is 6.92 Å². The molecule has 1 saturated heterocycles. The molecule has 2 aromatic rings. The van der Waals surface area contributed by atoms with E-state index in [9.17, 15) is 18.0 Å². The molecule has 0 saturated carbocycles. The maximum absolute atomic E-state index is 12.9. The Bertz CT molecular complexity index is 1040. The molecule has 1 aromatic heterocycles. The molecule has 0 spiro atoms. The summed E-state index contributed by atoms with van der Waals surface area (Å²) in [5, 5.41) is 0. The molecule has 0 radical (unpaired) electrons. The highest BCUT2D eigenvalue weighted by atomic mass is 32.2. The molecule has 166 valence electrons. The number of amides is 2. The molecule has 1 aliphatic rings. The molecule has 1 fully saturated rings. The first-order chi connectivity index (χ1) is 14.8. The van der Waals surface area contributed by atoms with E-state index in [1.54, 1.807) is 37.3 Å². The number of hydrogen-bond donors (Lipinski definition) is 2. The van der Waals surface area contributed by atoms with Gasteiger partial charge in [-0.25, -0.2) is 13.4 Å². The number of ether oxygens (including phenoxy) is 1. The van der Waals surface area contributed by atoms with Crippen molar-refractivity contribution in [3.63, 3.8) is 0 Å². The zero-order chi connectivity index (χ0) is 22.4. The molecule has 2 amide bonds. The third kappa shape index (κ3) is 5.39. The third-order valence-electron chi connectivity index (χ3n) is 5.01. The number of aryl methyl sites for hydroxylation is 1. The molecule has 0 unspecified atom stereocenters. The van der Waals surface area contributed by atoms with Crippen LogP contribution < -0.4 is 15.6 Å². The summed E-state index contributed by atoms with van der Waals surface area (Å²) in [6.07, 6.45) is 2.58. The van der Waals surface area contributed by atoms with Gasteiger partial charge in [-0.05, 0) is 51.0 Å². The lowest BCUT2D eigenvalue weighted by Gasteiger charge is -2.31. The molecule has 0 aliphatic carbocycles. The topological polar surface area (TPSA) is 118 Å². The van der Waals surface area contributed by atoms with Gasteiger partial charge in [0, 0.05) is 19.3 Å². The number of hydrazine groups is 1. The zero-order valence-corrected chi connectivity index (χ0v) is 18.3. The average molecular weight is 447 g/mol. The van der Waals surface area contributed by atoms with E-state index in [1.165, 1.54) is 16.6 Å². The summed E-state index contributed by atoms with van der Waals surface area (Å²) >= 11 is 0. The van der Waals surface area contributed by atoms with E-state index < -0.39 is 27.8 Å². The smallest absolute Gasteiger partial charge is 0.275 e. The number of benzene rings is 1. The van der Waals surface area contributed by atoms with Gasteiger partial charge < -0.3 is 4.74 Å². The molecule has 1 atom stereocenters. The molecule has 31 heavy (non-hydrogen) atoms. The highest BCUT2D eigenvalue weighted by Gasteiger charge is 2.33. The first-order valence-electron chi connectivity index (χ1n) is 10.1. The van der Waals surface area contributed by atoms with Crippen LogP contribution in [-0.2, 0) is 14.8 Å². The summed E-state index contributed by atoms with van der Waals surface area (Å²) < 4.78 is 32.5. The highest BCUT2D eigenvalue weighted by molar-refractivity contribution is 7.89. The van der Waals surface area contributed by atoms with Gasteiger partial charge in [-0.15, -0.1) is 0 Å². The summed E-state index contributed by atoms with van der Waals surface area (Å²) in [6.45, 7) is 4.40. The number of nitrogens with zero attached hydrogens (tertiary/aromatic N) is 2. The largest absolute Gasteiger partial charge is 0.477 e. The lowest BCUT2D eigenvalue weighted by Crippen LogP contribution is -2.50. The van der Waals surface area contributed by atoms with Gasteiger partial charge in [0.1, 0.15) is 5.56 Å². The second-order valence-electron chi connectivity index (χ2n) is 7.25. The average Bonchev–Trinajstić information content (AvgIpc) is 2.78. The second kappa shape index (κ2) is 9.88. The monoisotopic (exact) mass is 446 g/mol. The van der Waals surface area contributed by atoms with Gasteiger partial charge >= 0.3 is 0 Å². The fourth-order valence-electron chi connectivity index (χ4n) is 3.34. The minimum absolute atomic E-state index is 0.0506. The van der Waals surface area contributed by atoms with Crippen molar-refractivity contribution in [2.75, 3.05) is 19.7 Å². The number of aromatic nitrogens is 1. The van der Waals surface area contributed by atoms with Crippen LogP contribution in [0, 0.1) is 12.8 Å². The van der Waals surface area contributed by atoms with Crippen molar-refractivity contribution >= 4 is 21.8 Å². The molecule has 9 nitrogen and oxygen atoms in total. The van der Waals surface area contributed by atoms with E-state index in [4.69, 9.17) is 4.74 Å². The zero-order valence-electron chi connectivity index (χ0n) is 17.5. The molecular formula is C21H26N4O5S. The molecule has 2 heterocycles. The fraction of sp³-hybridized carbons (Fsp3) is 0.381. The van der Waals surface area contributed by atoms with Gasteiger partial charge in [-0.1, -0.05) is 17.7 Å². The molecule has 1 aliphatic heterocycles. The summed E-state index contributed by atoms with van der Waals surface area (Å²) in [5.74, 6) is -1.41. The summed E-state index contributed by atoms with van der Waals surface area (Å²) in [6, 6.07) is 9.75. The number of rotatable bonds is 6. The molecular weight excluding hydrogens is 420 g/mol. The molecule has 2 N–H and O–H groups in total. The second-order valence-corrected chi connectivity index (χ2v) is 9.19. The Morgan fingerprint density at radius 3 is 2.65 bits per heavy atom. The standard InChI is InChI=1S/C21H26N4O5S/c1-3-30-21-18(7-4-12-22-21)20(27)24-23-19(26)16-6-5-13-25(14-16)31(28,29)17-10-8-15(2)9-11-17/h4,7-12,16H,3,5-6,13-14H2,1-2H3,(H,23,26)(H,24,27)/t16-/m1/s1. The highest BCUT2D eigenvalue weighted by Crippen LogP contribution is 2.24. The SMILES string of the molecule is CCOc1ncccc1C(=O)NNC(=O)[C@@H]1CCCN(S(=O)(=O)c2ccc(C)cc2)C1. The van der Waals surface area contributed by atoms with Gasteiger partial charge in [0.25, 0.3) is 5.91 Å². The lowest BCUT2D eigenvalue weighted by atomic mass is 9.99. The summed E-state index contributed by atoms with van der Waals surface area (Å²) in [7, 11) is -3.69. The van der Waals surface area contributed by atoms with Gasteiger partial charge in [-0.3, -0.25) is 20.4 Å². The van der Waals surface area contributed by atoms with Crippen LogP contribution in [0.4, 0.5) is 0 Å². The first-order valence-corrected chi connectivity index (χ1v) is 11.5. The minimum Gasteiger partial charge on any atom is -0.477 e. The quantitative estimate of drug-likeness (QED) is 0.652. The molecule has 10 heteroatoms. The maximum atomic E-state index is 12.9. The van der Waals surface area contributed by atoms with Crippen molar-refractivity contribution in [2.24, 2.45) is 5.92 Å². The predicted molar refractivity (Wildman–Crippen MR) is 114 cm³/mol. The fourth-order valence-corrected chi connectivity index (χ4v) is 4.86. The van der Waals surface area contributed by atoms with Gasteiger partial charge in [0.2, 0.25) is 21.8 Å². The Morgan fingerprint density at radius 2 is 1.94 bits per heavy atom. The molecule has 3 rings (SSSR count). The van der Waals surface area contributed by atoms with Crippen molar-refractivity contribution in [3.8, 4) is 5.88 Å². The normalized spacial score (nSPS) is 17.0. The van der Waals surface area contributed by atoms with Crippen molar-refractivity contribution in [1.29, 1.82) is 0 Å². The first kappa shape index (κ1) is 22.7. The number of pyridine rings is 1. The van der Waals surface area contributed by atoms with E-state index in [0.717, 1.165) is 5.56 Å². The number of carbonyl (C=O) groups is 2.